The molecule has 0 aromatic carbocycles. The molecule has 0 spiro atoms. The number of rotatable bonds is 5. The Kier molecular flexibility index (Phi) is 4.58. The fraction of sp³-hybridized carbons (Fsp3) is 0.917. The van der Waals surface area contributed by atoms with Crippen LogP contribution in [0.3, 0.4) is 0 Å². The van der Waals surface area contributed by atoms with Gasteiger partial charge in [0, 0.05) is 6.04 Å². The Morgan fingerprint density at radius 3 is 2.40 bits per heavy atom. The molecule has 0 bridgehead atoms. The van der Waals surface area contributed by atoms with Gasteiger partial charge in [0.15, 0.2) is 0 Å². The van der Waals surface area contributed by atoms with E-state index >= 15 is 0 Å². The van der Waals surface area contributed by atoms with Gasteiger partial charge in [0.2, 0.25) is 5.91 Å². The van der Waals surface area contributed by atoms with E-state index < -0.39 is 0 Å². The van der Waals surface area contributed by atoms with Crippen molar-refractivity contribution >= 4 is 5.91 Å². The minimum absolute atomic E-state index is 0.0572. The van der Waals surface area contributed by atoms with E-state index in [0.29, 0.717) is 12.0 Å². The molecular weight excluding hydrogens is 188 g/mol. The lowest BCUT2D eigenvalue weighted by atomic mass is 9.94. The Morgan fingerprint density at radius 2 is 2.00 bits per heavy atom. The van der Waals surface area contributed by atoms with Crippen molar-refractivity contribution in [3.05, 3.63) is 0 Å². The van der Waals surface area contributed by atoms with Gasteiger partial charge in [0.05, 0.1) is 12.7 Å². The van der Waals surface area contributed by atoms with E-state index in [0.717, 1.165) is 25.9 Å². The number of nitrogens with one attached hydrogen (secondary N) is 1. The summed E-state index contributed by atoms with van der Waals surface area (Å²) in [6.07, 6.45) is 3.20. The van der Waals surface area contributed by atoms with Crippen molar-refractivity contribution in [2.75, 3.05) is 6.67 Å². The highest BCUT2D eigenvalue weighted by Crippen LogP contribution is 2.21. The molecule has 1 rings (SSSR count). The number of hydrogen-bond acceptors (Lipinski definition) is 2. The van der Waals surface area contributed by atoms with Gasteiger partial charge in [-0.15, -0.1) is 0 Å². The first-order chi connectivity index (χ1) is 7.15. The molecule has 2 atom stereocenters. The van der Waals surface area contributed by atoms with Gasteiger partial charge in [-0.2, -0.15) is 0 Å². The van der Waals surface area contributed by atoms with Crippen LogP contribution in [-0.2, 0) is 4.79 Å². The summed E-state index contributed by atoms with van der Waals surface area (Å²) in [5.74, 6) is 0.920. The van der Waals surface area contributed by atoms with Crippen molar-refractivity contribution in [1.29, 1.82) is 0 Å². The summed E-state index contributed by atoms with van der Waals surface area (Å²) in [5.41, 5.74) is 0. The predicted octanol–water partition coefficient (Wildman–Crippen LogP) is 1.98. The number of hydrogen-bond donors (Lipinski definition) is 1. The van der Waals surface area contributed by atoms with Crippen LogP contribution in [0, 0.1) is 5.92 Å². The van der Waals surface area contributed by atoms with Crippen molar-refractivity contribution in [2.24, 2.45) is 5.92 Å². The van der Waals surface area contributed by atoms with Gasteiger partial charge in [-0.3, -0.25) is 10.1 Å². The smallest absolute Gasteiger partial charge is 0.241 e. The van der Waals surface area contributed by atoms with Crippen LogP contribution in [0.2, 0.25) is 0 Å². The maximum absolute atomic E-state index is 12.0. The van der Waals surface area contributed by atoms with Gasteiger partial charge >= 0.3 is 0 Å². The topological polar surface area (TPSA) is 32.3 Å². The molecule has 1 heterocycles. The molecule has 2 unspecified atom stereocenters. The minimum Gasteiger partial charge on any atom is -0.326 e. The maximum Gasteiger partial charge on any atom is 0.241 e. The zero-order valence-corrected chi connectivity index (χ0v) is 10.4. The lowest BCUT2D eigenvalue weighted by molar-refractivity contribution is -0.131. The van der Waals surface area contributed by atoms with Crippen LogP contribution < -0.4 is 5.32 Å². The van der Waals surface area contributed by atoms with E-state index in [1.54, 1.807) is 0 Å². The molecule has 0 aliphatic carbocycles. The average Bonchev–Trinajstić information content (AvgIpc) is 2.61. The first kappa shape index (κ1) is 12.5. The van der Waals surface area contributed by atoms with E-state index in [4.69, 9.17) is 0 Å². The average molecular weight is 212 g/mol. The van der Waals surface area contributed by atoms with Crippen molar-refractivity contribution < 1.29 is 4.79 Å². The molecule has 1 amide bonds. The first-order valence-corrected chi connectivity index (χ1v) is 6.19. The maximum atomic E-state index is 12.0. The van der Waals surface area contributed by atoms with E-state index in [2.05, 4.69) is 33.0 Å². The minimum atomic E-state index is 0.0572. The molecule has 1 aliphatic heterocycles. The first-order valence-electron chi connectivity index (χ1n) is 6.19. The van der Waals surface area contributed by atoms with Gasteiger partial charge in [-0.1, -0.05) is 33.6 Å². The lowest BCUT2D eigenvalue weighted by Gasteiger charge is -2.30. The molecular formula is C12H24N2O. The summed E-state index contributed by atoms with van der Waals surface area (Å²) < 4.78 is 0. The Bertz CT molecular complexity index is 214. The Morgan fingerprint density at radius 1 is 1.40 bits per heavy atom. The van der Waals surface area contributed by atoms with Crippen LogP contribution in [0.4, 0.5) is 0 Å². The zero-order chi connectivity index (χ0) is 11.4. The quantitative estimate of drug-likeness (QED) is 0.755. The zero-order valence-electron chi connectivity index (χ0n) is 10.4. The van der Waals surface area contributed by atoms with Crippen LogP contribution in [0.1, 0.15) is 47.0 Å². The Balaban J connectivity index is 2.61. The predicted molar refractivity (Wildman–Crippen MR) is 62.5 cm³/mol. The summed E-state index contributed by atoms with van der Waals surface area (Å²) in [6, 6.07) is 0.429. The molecule has 88 valence electrons. The molecule has 1 fully saturated rings. The largest absolute Gasteiger partial charge is 0.326 e. The third-order valence-electron chi connectivity index (χ3n) is 3.72. The second kappa shape index (κ2) is 5.50. The number of carbonyl (C=O) groups excluding carboxylic acids is 1. The number of amides is 1. The van der Waals surface area contributed by atoms with Crippen molar-refractivity contribution in [1.82, 2.24) is 10.2 Å². The van der Waals surface area contributed by atoms with Crippen LogP contribution in [0.15, 0.2) is 0 Å². The molecule has 0 aromatic heterocycles. The third kappa shape index (κ3) is 2.51. The van der Waals surface area contributed by atoms with Crippen LogP contribution in [0.5, 0.6) is 0 Å². The molecule has 1 N–H and O–H groups in total. The summed E-state index contributed by atoms with van der Waals surface area (Å²) >= 11 is 0. The summed E-state index contributed by atoms with van der Waals surface area (Å²) in [5, 5.41) is 3.27. The lowest BCUT2D eigenvalue weighted by Crippen LogP contribution is -2.41. The van der Waals surface area contributed by atoms with E-state index in [9.17, 15) is 4.79 Å². The Labute approximate surface area is 93.2 Å². The van der Waals surface area contributed by atoms with Gasteiger partial charge in [-0.05, 0) is 19.3 Å². The van der Waals surface area contributed by atoms with Gasteiger partial charge in [-0.25, -0.2) is 0 Å². The SMILES string of the molecule is CCC1NCN(C(C)C(CC)CC)C1=O. The van der Waals surface area contributed by atoms with Gasteiger partial charge < -0.3 is 4.90 Å². The molecule has 3 nitrogen and oxygen atoms in total. The summed E-state index contributed by atoms with van der Waals surface area (Å²) in [4.78, 5) is 14.0. The van der Waals surface area contributed by atoms with Crippen LogP contribution in [0.25, 0.3) is 0 Å². The molecule has 0 aromatic rings. The van der Waals surface area contributed by atoms with Gasteiger partial charge in [0.25, 0.3) is 0 Å². The highest BCUT2D eigenvalue weighted by molar-refractivity contribution is 5.83. The molecule has 15 heavy (non-hydrogen) atoms. The van der Waals surface area contributed by atoms with E-state index in [1.807, 2.05) is 4.90 Å². The fourth-order valence-electron chi connectivity index (χ4n) is 2.46. The van der Waals surface area contributed by atoms with Gasteiger partial charge in [0.1, 0.15) is 0 Å². The van der Waals surface area contributed by atoms with Crippen molar-refractivity contribution in [3.8, 4) is 0 Å². The number of nitrogens with zero attached hydrogens (tertiary/aromatic N) is 1. The van der Waals surface area contributed by atoms with Crippen molar-refractivity contribution in [3.63, 3.8) is 0 Å². The summed E-state index contributed by atoms with van der Waals surface area (Å²) in [6.45, 7) is 9.37. The molecule has 0 saturated carbocycles. The standard InChI is InChI=1S/C12H24N2O/c1-5-10(6-2)9(4)14-8-13-11(7-3)12(14)15/h9-11,13H,5-8H2,1-4H3. The normalized spacial score (nSPS) is 23.9. The second-order valence-corrected chi connectivity index (χ2v) is 4.45. The van der Waals surface area contributed by atoms with Crippen LogP contribution in [-0.4, -0.2) is 29.6 Å². The monoisotopic (exact) mass is 212 g/mol. The Hall–Kier alpha value is -0.570. The highest BCUT2D eigenvalue weighted by Gasteiger charge is 2.34. The van der Waals surface area contributed by atoms with Crippen LogP contribution >= 0.6 is 0 Å². The summed E-state index contributed by atoms with van der Waals surface area (Å²) in [7, 11) is 0. The molecule has 1 saturated heterocycles. The fourth-order valence-corrected chi connectivity index (χ4v) is 2.46. The van der Waals surface area contributed by atoms with E-state index in [1.165, 1.54) is 0 Å². The third-order valence-corrected chi connectivity index (χ3v) is 3.72. The molecule has 0 radical (unpaired) electrons. The van der Waals surface area contributed by atoms with E-state index in [-0.39, 0.29) is 11.9 Å². The number of carbonyl (C=O) groups is 1. The highest BCUT2D eigenvalue weighted by atomic mass is 16.2. The molecule has 1 aliphatic rings. The molecule has 3 heteroatoms. The van der Waals surface area contributed by atoms with Crippen molar-refractivity contribution in [2.45, 2.75) is 59.0 Å². The second-order valence-electron chi connectivity index (χ2n) is 4.45.